The van der Waals surface area contributed by atoms with Crippen LogP contribution >= 0.6 is 0 Å². The zero-order chi connectivity index (χ0) is 18.9. The van der Waals surface area contributed by atoms with Crippen LogP contribution in [0.4, 0.5) is 10.5 Å². The molecule has 4 amide bonds. The average Bonchev–Trinajstić information content (AvgIpc) is 3.42. The van der Waals surface area contributed by atoms with Gasteiger partial charge in [0.2, 0.25) is 0 Å². The zero-order valence-electron chi connectivity index (χ0n) is 14.7. The molecule has 138 valence electrons. The van der Waals surface area contributed by atoms with Crippen molar-refractivity contribution in [3.05, 3.63) is 30.3 Å². The Balaban J connectivity index is 1.54. The Hall–Kier alpha value is -2.90. The molecule has 2 N–H and O–H groups in total. The number of para-hydroxylation sites is 1. The summed E-state index contributed by atoms with van der Waals surface area (Å²) in [6, 6.07) is 8.15. The SMILES string of the molecule is C[C@H](OC(=O)CN1C(=O)N[C@@](C)(C2CC2)C1=O)C(=O)Nc1ccccc1. The monoisotopic (exact) mass is 359 g/mol. The van der Waals surface area contributed by atoms with Crippen molar-refractivity contribution in [1.82, 2.24) is 10.2 Å². The first-order chi connectivity index (χ1) is 12.3. The van der Waals surface area contributed by atoms with Crippen molar-refractivity contribution in [1.29, 1.82) is 0 Å². The number of hydrogen-bond donors (Lipinski definition) is 2. The third kappa shape index (κ3) is 3.54. The number of imide groups is 1. The summed E-state index contributed by atoms with van der Waals surface area (Å²) in [6.45, 7) is 2.58. The lowest BCUT2D eigenvalue weighted by Gasteiger charge is -2.21. The molecule has 2 aliphatic rings. The van der Waals surface area contributed by atoms with Gasteiger partial charge in [0, 0.05) is 5.69 Å². The van der Waals surface area contributed by atoms with Crippen molar-refractivity contribution < 1.29 is 23.9 Å². The maximum atomic E-state index is 12.5. The molecule has 3 rings (SSSR count). The van der Waals surface area contributed by atoms with Gasteiger partial charge in [-0.3, -0.25) is 19.3 Å². The topological polar surface area (TPSA) is 105 Å². The maximum Gasteiger partial charge on any atom is 0.327 e. The second-order valence-corrected chi connectivity index (χ2v) is 6.79. The molecule has 1 aromatic carbocycles. The molecule has 0 unspecified atom stereocenters. The predicted molar refractivity (Wildman–Crippen MR) is 92.0 cm³/mol. The summed E-state index contributed by atoms with van der Waals surface area (Å²) in [7, 11) is 0. The summed E-state index contributed by atoms with van der Waals surface area (Å²) in [5.74, 6) is -1.63. The molecule has 1 aliphatic carbocycles. The molecule has 2 atom stereocenters. The second kappa shape index (κ2) is 6.78. The lowest BCUT2D eigenvalue weighted by atomic mass is 9.96. The summed E-state index contributed by atoms with van der Waals surface area (Å²) in [6.07, 6.45) is 0.688. The van der Waals surface area contributed by atoms with Crippen molar-refractivity contribution in [2.75, 3.05) is 11.9 Å². The maximum absolute atomic E-state index is 12.5. The van der Waals surface area contributed by atoms with E-state index in [1.165, 1.54) is 6.92 Å². The van der Waals surface area contributed by atoms with E-state index >= 15 is 0 Å². The lowest BCUT2D eigenvalue weighted by molar-refractivity contribution is -0.155. The van der Waals surface area contributed by atoms with Gasteiger partial charge in [-0.1, -0.05) is 18.2 Å². The molecule has 1 aromatic rings. The number of carbonyl (C=O) groups is 4. The number of nitrogens with one attached hydrogen (secondary N) is 2. The Morgan fingerprint density at radius 3 is 2.58 bits per heavy atom. The third-order valence-corrected chi connectivity index (χ3v) is 4.70. The van der Waals surface area contributed by atoms with Crippen LogP contribution in [0.2, 0.25) is 0 Å². The first kappa shape index (κ1) is 17.9. The fourth-order valence-corrected chi connectivity index (χ4v) is 2.98. The van der Waals surface area contributed by atoms with Gasteiger partial charge in [0.05, 0.1) is 0 Å². The van der Waals surface area contributed by atoms with E-state index in [0.717, 1.165) is 17.7 Å². The number of hydrogen-bond acceptors (Lipinski definition) is 5. The Bertz CT molecular complexity index is 746. The standard InChI is InChI=1S/C18H21N3O5/c1-11(15(23)19-13-6-4-3-5-7-13)26-14(22)10-21-16(24)18(2,12-8-9-12)20-17(21)25/h3-7,11-12H,8-10H2,1-2H3,(H,19,23)(H,20,25)/t11-,18-/m0/s1. The zero-order valence-corrected chi connectivity index (χ0v) is 14.7. The van der Waals surface area contributed by atoms with E-state index in [-0.39, 0.29) is 5.92 Å². The van der Waals surface area contributed by atoms with Gasteiger partial charge in [-0.25, -0.2) is 4.79 Å². The molecule has 26 heavy (non-hydrogen) atoms. The molecule has 1 saturated heterocycles. The Kier molecular flexibility index (Phi) is 4.67. The van der Waals surface area contributed by atoms with Gasteiger partial charge in [-0.05, 0) is 44.7 Å². The molecule has 1 saturated carbocycles. The van der Waals surface area contributed by atoms with E-state index in [1.807, 2.05) is 6.07 Å². The lowest BCUT2D eigenvalue weighted by Crippen LogP contribution is -2.46. The van der Waals surface area contributed by atoms with Crippen LogP contribution in [0.3, 0.4) is 0 Å². The van der Waals surface area contributed by atoms with Crippen LogP contribution in [0.1, 0.15) is 26.7 Å². The van der Waals surface area contributed by atoms with Gasteiger partial charge in [-0.2, -0.15) is 0 Å². The van der Waals surface area contributed by atoms with Gasteiger partial charge in [0.15, 0.2) is 6.10 Å². The van der Waals surface area contributed by atoms with Crippen LogP contribution in [-0.2, 0) is 19.1 Å². The van der Waals surface area contributed by atoms with E-state index in [4.69, 9.17) is 4.74 Å². The summed E-state index contributed by atoms with van der Waals surface area (Å²) in [5, 5.41) is 5.28. The highest BCUT2D eigenvalue weighted by Gasteiger charge is 2.56. The summed E-state index contributed by atoms with van der Waals surface area (Å²) in [5.41, 5.74) is -0.372. The molecule has 0 spiro atoms. The first-order valence-electron chi connectivity index (χ1n) is 8.51. The number of rotatable bonds is 6. The number of amides is 4. The Morgan fingerprint density at radius 1 is 1.31 bits per heavy atom. The fraction of sp³-hybridized carbons (Fsp3) is 0.444. The highest BCUT2D eigenvalue weighted by molar-refractivity contribution is 6.09. The number of anilines is 1. The van der Waals surface area contributed by atoms with E-state index < -0.39 is 42.0 Å². The second-order valence-electron chi connectivity index (χ2n) is 6.79. The molecular weight excluding hydrogens is 338 g/mol. The fourth-order valence-electron chi connectivity index (χ4n) is 2.98. The minimum atomic E-state index is -1.06. The number of ether oxygens (including phenoxy) is 1. The molecule has 1 heterocycles. The van der Waals surface area contributed by atoms with Crippen molar-refractivity contribution in [3.63, 3.8) is 0 Å². The number of carbonyl (C=O) groups excluding carboxylic acids is 4. The Morgan fingerprint density at radius 2 is 1.96 bits per heavy atom. The van der Waals surface area contributed by atoms with Gasteiger partial charge >= 0.3 is 12.0 Å². The van der Waals surface area contributed by atoms with Crippen LogP contribution in [0.5, 0.6) is 0 Å². The van der Waals surface area contributed by atoms with Crippen LogP contribution in [0.15, 0.2) is 30.3 Å². The number of urea groups is 1. The number of benzene rings is 1. The van der Waals surface area contributed by atoms with Gasteiger partial charge in [0.1, 0.15) is 12.1 Å². The molecule has 8 nitrogen and oxygen atoms in total. The van der Waals surface area contributed by atoms with Crippen molar-refractivity contribution in [2.45, 2.75) is 38.3 Å². The highest BCUT2D eigenvalue weighted by atomic mass is 16.5. The average molecular weight is 359 g/mol. The summed E-state index contributed by atoms with van der Waals surface area (Å²) in [4.78, 5) is 49.5. The van der Waals surface area contributed by atoms with Crippen molar-refractivity contribution in [2.24, 2.45) is 5.92 Å². The first-order valence-corrected chi connectivity index (χ1v) is 8.51. The smallest absolute Gasteiger partial charge is 0.327 e. The summed E-state index contributed by atoms with van der Waals surface area (Å²) >= 11 is 0. The predicted octanol–water partition coefficient (Wildman–Crippen LogP) is 1.28. The molecule has 0 bridgehead atoms. The molecule has 2 fully saturated rings. The van der Waals surface area contributed by atoms with Crippen LogP contribution in [-0.4, -0.2) is 46.9 Å². The van der Waals surface area contributed by atoms with Crippen molar-refractivity contribution >= 4 is 29.5 Å². The minimum absolute atomic E-state index is 0.107. The third-order valence-electron chi connectivity index (χ3n) is 4.70. The minimum Gasteiger partial charge on any atom is -0.451 e. The highest BCUT2D eigenvalue weighted by Crippen LogP contribution is 2.42. The summed E-state index contributed by atoms with van der Waals surface area (Å²) < 4.78 is 5.06. The van der Waals surface area contributed by atoms with Gasteiger partial charge < -0.3 is 15.4 Å². The van der Waals surface area contributed by atoms with Crippen LogP contribution < -0.4 is 10.6 Å². The Labute approximate surface area is 150 Å². The number of esters is 1. The molecule has 8 heteroatoms. The van der Waals surface area contributed by atoms with E-state index in [9.17, 15) is 19.2 Å². The largest absolute Gasteiger partial charge is 0.451 e. The van der Waals surface area contributed by atoms with E-state index in [2.05, 4.69) is 10.6 Å². The van der Waals surface area contributed by atoms with E-state index in [0.29, 0.717) is 5.69 Å². The van der Waals surface area contributed by atoms with Crippen LogP contribution in [0.25, 0.3) is 0 Å². The number of nitrogens with zero attached hydrogens (tertiary/aromatic N) is 1. The molecule has 0 aromatic heterocycles. The molecular formula is C18H21N3O5. The molecule has 1 aliphatic heterocycles. The van der Waals surface area contributed by atoms with Crippen molar-refractivity contribution in [3.8, 4) is 0 Å². The quantitative estimate of drug-likeness (QED) is 0.588. The molecule has 0 radical (unpaired) electrons. The van der Waals surface area contributed by atoms with E-state index in [1.54, 1.807) is 31.2 Å². The van der Waals surface area contributed by atoms with Gasteiger partial charge in [0.25, 0.3) is 11.8 Å². The van der Waals surface area contributed by atoms with Crippen LogP contribution in [0, 0.1) is 5.92 Å². The normalized spacial score (nSPS) is 23.4. The van der Waals surface area contributed by atoms with Gasteiger partial charge in [-0.15, -0.1) is 0 Å².